The van der Waals surface area contributed by atoms with Crippen LogP contribution in [0.2, 0.25) is 0 Å². The molecule has 2 fully saturated rings. The average molecular weight is 372 g/mol. The van der Waals surface area contributed by atoms with Crippen molar-refractivity contribution in [3.63, 3.8) is 0 Å². The zero-order valence-electron chi connectivity index (χ0n) is 15.1. The number of fused-ring (bicyclic) bond motifs is 1. The predicted molar refractivity (Wildman–Crippen MR) is 104 cm³/mol. The summed E-state index contributed by atoms with van der Waals surface area (Å²) in [5, 5.41) is 9.00. The van der Waals surface area contributed by atoms with Gasteiger partial charge in [0, 0.05) is 31.1 Å². The SMILES string of the molecule is CCCNC(=S)NNC(=O)c1cc(C2CC2)nc2c1c(C1CC1)nn2C. The third-order valence-electron chi connectivity index (χ3n) is 4.87. The number of carbonyl (C=O) groups is 1. The van der Waals surface area contributed by atoms with Crippen LogP contribution in [0.15, 0.2) is 6.07 Å². The van der Waals surface area contributed by atoms with Crippen molar-refractivity contribution in [3.8, 4) is 0 Å². The highest BCUT2D eigenvalue weighted by atomic mass is 32.1. The summed E-state index contributed by atoms with van der Waals surface area (Å²) in [7, 11) is 1.90. The molecule has 0 aromatic carbocycles. The van der Waals surface area contributed by atoms with Crippen LogP contribution in [-0.2, 0) is 7.05 Å². The first-order valence-electron chi connectivity index (χ1n) is 9.30. The lowest BCUT2D eigenvalue weighted by atomic mass is 10.1. The first kappa shape index (κ1) is 17.2. The van der Waals surface area contributed by atoms with Gasteiger partial charge in [0.1, 0.15) is 0 Å². The number of thiocarbonyl (C=S) groups is 1. The van der Waals surface area contributed by atoms with Gasteiger partial charge in [-0.05, 0) is 50.4 Å². The minimum absolute atomic E-state index is 0.199. The van der Waals surface area contributed by atoms with Crippen molar-refractivity contribution in [3.05, 3.63) is 23.0 Å². The molecule has 0 bridgehead atoms. The number of amides is 1. The van der Waals surface area contributed by atoms with E-state index in [2.05, 4.69) is 28.2 Å². The van der Waals surface area contributed by atoms with Crippen LogP contribution < -0.4 is 16.2 Å². The first-order valence-corrected chi connectivity index (χ1v) is 9.71. The third kappa shape index (κ3) is 3.38. The van der Waals surface area contributed by atoms with Gasteiger partial charge in [-0.2, -0.15) is 5.10 Å². The van der Waals surface area contributed by atoms with Crippen LogP contribution >= 0.6 is 12.2 Å². The average Bonchev–Trinajstić information content (AvgIpc) is 3.54. The van der Waals surface area contributed by atoms with Crippen molar-refractivity contribution in [1.82, 2.24) is 30.9 Å². The summed E-state index contributed by atoms with van der Waals surface area (Å²) in [6, 6.07) is 1.94. The summed E-state index contributed by atoms with van der Waals surface area (Å²) in [5.41, 5.74) is 8.93. The van der Waals surface area contributed by atoms with E-state index in [9.17, 15) is 4.79 Å². The number of hydrogen-bond acceptors (Lipinski definition) is 4. The van der Waals surface area contributed by atoms with Crippen LogP contribution in [0, 0.1) is 0 Å². The minimum Gasteiger partial charge on any atom is -0.361 e. The smallest absolute Gasteiger partial charge is 0.270 e. The van der Waals surface area contributed by atoms with E-state index in [0.717, 1.165) is 61.1 Å². The highest BCUT2D eigenvalue weighted by Crippen LogP contribution is 2.45. The van der Waals surface area contributed by atoms with Gasteiger partial charge in [0.15, 0.2) is 10.8 Å². The van der Waals surface area contributed by atoms with Crippen LogP contribution in [0.25, 0.3) is 11.0 Å². The topological polar surface area (TPSA) is 83.9 Å². The number of hydrogen-bond donors (Lipinski definition) is 3. The Kier molecular flexibility index (Phi) is 4.52. The normalized spacial score (nSPS) is 16.5. The lowest BCUT2D eigenvalue weighted by Crippen LogP contribution is -2.47. The molecule has 0 atom stereocenters. The number of hydrazine groups is 1. The van der Waals surface area contributed by atoms with Crippen molar-refractivity contribution in [2.45, 2.75) is 50.9 Å². The summed E-state index contributed by atoms with van der Waals surface area (Å²) in [6.45, 7) is 2.82. The quantitative estimate of drug-likeness (QED) is 0.551. The van der Waals surface area contributed by atoms with Gasteiger partial charge < -0.3 is 5.32 Å². The van der Waals surface area contributed by atoms with Gasteiger partial charge in [-0.1, -0.05) is 6.92 Å². The number of pyridine rings is 1. The molecule has 1 amide bonds. The van der Waals surface area contributed by atoms with Gasteiger partial charge in [-0.25, -0.2) is 4.98 Å². The molecule has 0 spiro atoms. The van der Waals surface area contributed by atoms with E-state index in [1.54, 1.807) is 0 Å². The van der Waals surface area contributed by atoms with E-state index in [1.165, 1.54) is 0 Å². The maximum Gasteiger partial charge on any atom is 0.270 e. The second-order valence-corrected chi connectivity index (χ2v) is 7.59. The molecule has 2 aliphatic carbocycles. The highest BCUT2D eigenvalue weighted by Gasteiger charge is 2.33. The van der Waals surface area contributed by atoms with Crippen molar-refractivity contribution in [2.24, 2.45) is 7.05 Å². The van der Waals surface area contributed by atoms with Crippen molar-refractivity contribution in [2.75, 3.05) is 6.54 Å². The third-order valence-corrected chi connectivity index (χ3v) is 5.12. The standard InChI is InChI=1S/C18H24N6OS/c1-3-8-19-18(26)22-21-17(25)12-9-13(10-4-5-10)20-16-14(12)15(11-6-7-11)23-24(16)2/h9-11H,3-8H2,1-2H3,(H,21,25)(H2,19,22,26). The molecule has 2 aromatic heterocycles. The number of nitrogens with one attached hydrogen (secondary N) is 3. The summed E-state index contributed by atoms with van der Waals surface area (Å²) in [4.78, 5) is 17.7. The van der Waals surface area contributed by atoms with E-state index in [0.29, 0.717) is 22.5 Å². The molecule has 8 heteroatoms. The molecule has 0 saturated heterocycles. The number of rotatable bonds is 5. The zero-order valence-corrected chi connectivity index (χ0v) is 15.9. The Morgan fingerprint density at radius 1 is 1.27 bits per heavy atom. The van der Waals surface area contributed by atoms with E-state index >= 15 is 0 Å². The van der Waals surface area contributed by atoms with Gasteiger partial charge in [0.25, 0.3) is 5.91 Å². The molecular formula is C18H24N6OS. The zero-order chi connectivity index (χ0) is 18.3. The fourth-order valence-electron chi connectivity index (χ4n) is 3.17. The molecule has 2 saturated carbocycles. The Morgan fingerprint density at radius 2 is 2.00 bits per heavy atom. The molecule has 26 heavy (non-hydrogen) atoms. The van der Waals surface area contributed by atoms with Crippen LogP contribution in [0.4, 0.5) is 0 Å². The fraction of sp³-hybridized carbons (Fsp3) is 0.556. The van der Waals surface area contributed by atoms with Crippen LogP contribution in [0.5, 0.6) is 0 Å². The molecule has 2 aromatic rings. The van der Waals surface area contributed by atoms with Crippen LogP contribution in [0.3, 0.4) is 0 Å². The number of aryl methyl sites for hydroxylation is 1. The number of carbonyl (C=O) groups excluding carboxylic acids is 1. The summed E-state index contributed by atoms with van der Waals surface area (Å²) in [6.07, 6.45) is 5.49. The first-order chi connectivity index (χ1) is 12.6. The number of nitrogens with zero attached hydrogens (tertiary/aromatic N) is 3. The summed E-state index contributed by atoms with van der Waals surface area (Å²) in [5.74, 6) is 0.708. The Balaban J connectivity index is 1.65. The van der Waals surface area contributed by atoms with E-state index in [1.807, 2.05) is 17.8 Å². The largest absolute Gasteiger partial charge is 0.361 e. The Hall–Kier alpha value is -2.22. The molecule has 3 N–H and O–H groups in total. The van der Waals surface area contributed by atoms with Gasteiger partial charge in [-0.3, -0.25) is 20.3 Å². The molecular weight excluding hydrogens is 348 g/mol. The van der Waals surface area contributed by atoms with E-state index in [-0.39, 0.29) is 5.91 Å². The predicted octanol–water partition coefficient (Wildman–Crippen LogP) is 2.24. The molecule has 0 radical (unpaired) electrons. The van der Waals surface area contributed by atoms with Gasteiger partial charge in [-0.15, -0.1) is 0 Å². The summed E-state index contributed by atoms with van der Waals surface area (Å²) < 4.78 is 1.81. The van der Waals surface area contributed by atoms with Gasteiger partial charge in [0.2, 0.25) is 0 Å². The van der Waals surface area contributed by atoms with Gasteiger partial charge in [0.05, 0.1) is 16.6 Å². The van der Waals surface area contributed by atoms with E-state index in [4.69, 9.17) is 17.2 Å². The van der Waals surface area contributed by atoms with Crippen molar-refractivity contribution >= 4 is 34.3 Å². The Morgan fingerprint density at radius 3 is 2.65 bits per heavy atom. The minimum atomic E-state index is -0.199. The molecule has 138 valence electrons. The second kappa shape index (κ2) is 6.83. The lowest BCUT2D eigenvalue weighted by Gasteiger charge is -2.12. The molecule has 2 aliphatic rings. The molecule has 0 unspecified atom stereocenters. The summed E-state index contributed by atoms with van der Waals surface area (Å²) >= 11 is 5.18. The molecule has 2 heterocycles. The lowest BCUT2D eigenvalue weighted by molar-refractivity contribution is 0.0945. The van der Waals surface area contributed by atoms with E-state index < -0.39 is 0 Å². The molecule has 4 rings (SSSR count). The monoisotopic (exact) mass is 372 g/mol. The van der Waals surface area contributed by atoms with Crippen LogP contribution in [0.1, 0.15) is 72.6 Å². The van der Waals surface area contributed by atoms with Crippen LogP contribution in [-0.4, -0.2) is 32.3 Å². The van der Waals surface area contributed by atoms with Crippen molar-refractivity contribution in [1.29, 1.82) is 0 Å². The number of aromatic nitrogens is 3. The second-order valence-electron chi connectivity index (χ2n) is 7.19. The fourth-order valence-corrected chi connectivity index (χ4v) is 3.32. The molecule has 7 nitrogen and oxygen atoms in total. The van der Waals surface area contributed by atoms with Gasteiger partial charge >= 0.3 is 0 Å². The molecule has 0 aliphatic heterocycles. The highest BCUT2D eigenvalue weighted by molar-refractivity contribution is 7.80. The maximum atomic E-state index is 12.9. The van der Waals surface area contributed by atoms with Crippen molar-refractivity contribution < 1.29 is 4.79 Å². The Labute approximate surface area is 157 Å². The maximum absolute atomic E-state index is 12.9. The Bertz CT molecular complexity index is 868.